The summed E-state index contributed by atoms with van der Waals surface area (Å²) < 4.78 is 22.6. The Morgan fingerprint density at radius 1 is 1.14 bits per heavy atom. The molecule has 5 rings (SSSR count). The number of aromatic nitrogens is 4. The number of ether oxygens (including phenoxy) is 1. The molecule has 0 bridgehead atoms. The molecule has 0 spiro atoms. The topological polar surface area (TPSA) is 79.5 Å². The lowest BCUT2D eigenvalue weighted by Gasteiger charge is -2.27. The fourth-order valence-electron chi connectivity index (χ4n) is 4.62. The monoisotopic (exact) mass is 476 g/mol. The van der Waals surface area contributed by atoms with Gasteiger partial charge in [-0.1, -0.05) is 0 Å². The summed E-state index contributed by atoms with van der Waals surface area (Å²) in [6.45, 7) is 6.06. The van der Waals surface area contributed by atoms with Crippen molar-refractivity contribution in [1.82, 2.24) is 24.6 Å². The Kier molecular flexibility index (Phi) is 6.12. The molecule has 1 aliphatic rings. The summed E-state index contributed by atoms with van der Waals surface area (Å²) in [6.07, 6.45) is 5.44. The lowest BCUT2D eigenvalue weighted by molar-refractivity contribution is 0.224. The van der Waals surface area contributed by atoms with Crippen LogP contribution in [0.2, 0.25) is 0 Å². The van der Waals surface area contributed by atoms with Gasteiger partial charge >= 0.3 is 0 Å². The number of halogens is 1. The first-order chi connectivity index (χ1) is 16.9. The summed E-state index contributed by atoms with van der Waals surface area (Å²) in [5, 5.41) is 14.1. The number of hydrogen-bond acceptors (Lipinski definition) is 7. The highest BCUT2D eigenvalue weighted by Gasteiger charge is 2.28. The summed E-state index contributed by atoms with van der Waals surface area (Å²) in [4.78, 5) is 14.0. The molecule has 1 aliphatic heterocycles. The number of nitrogens with zero attached hydrogens (tertiary/aromatic N) is 6. The van der Waals surface area contributed by atoms with Gasteiger partial charge in [0.15, 0.2) is 11.6 Å². The Morgan fingerprint density at radius 2 is 1.97 bits per heavy atom. The molecule has 0 aliphatic carbocycles. The van der Waals surface area contributed by atoms with Crippen LogP contribution in [0.25, 0.3) is 22.3 Å². The molecule has 9 heteroatoms. The minimum atomic E-state index is -0.455. The molecule has 0 saturated heterocycles. The fourth-order valence-corrected chi connectivity index (χ4v) is 4.62. The molecule has 4 aromatic rings. The molecule has 182 valence electrons. The standard InChI is InChI=1S/C26H29FN6O2/c1-16(2)32-7-8-33(23-9-17(15-34)10-24(35-4)25(23)27)22-6-5-20-26(19(22)14-32)30-21(12-28-20)18-11-29-31(3)13-18/h5-6,9-13,16,34H,7-8,14-15H2,1-4H3. The average molecular weight is 477 g/mol. The molecular weight excluding hydrogens is 447 g/mol. The SMILES string of the molecule is COc1cc(CO)cc(N2CCN(C(C)C)Cc3c2ccc2ncc(-c4cnn(C)c4)nc32)c1F. The fraction of sp³-hybridized carbons (Fsp3) is 0.346. The van der Waals surface area contributed by atoms with Gasteiger partial charge in [-0.05, 0) is 43.7 Å². The Morgan fingerprint density at radius 3 is 2.66 bits per heavy atom. The molecule has 2 aromatic heterocycles. The van der Waals surface area contributed by atoms with Gasteiger partial charge in [0.05, 0.1) is 48.5 Å². The summed E-state index contributed by atoms with van der Waals surface area (Å²) >= 11 is 0. The van der Waals surface area contributed by atoms with E-state index in [1.165, 1.54) is 13.2 Å². The highest BCUT2D eigenvalue weighted by molar-refractivity contribution is 5.87. The predicted molar refractivity (Wildman–Crippen MR) is 133 cm³/mol. The van der Waals surface area contributed by atoms with Gasteiger partial charge in [-0.2, -0.15) is 5.10 Å². The maximum absolute atomic E-state index is 15.6. The van der Waals surface area contributed by atoms with Gasteiger partial charge in [-0.3, -0.25) is 14.6 Å². The molecule has 8 nitrogen and oxygen atoms in total. The zero-order valence-electron chi connectivity index (χ0n) is 20.4. The van der Waals surface area contributed by atoms with Crippen LogP contribution < -0.4 is 9.64 Å². The molecule has 0 atom stereocenters. The highest BCUT2D eigenvalue weighted by atomic mass is 19.1. The third kappa shape index (κ3) is 4.21. The first kappa shape index (κ1) is 23.2. The Labute approximate surface area is 203 Å². The van der Waals surface area contributed by atoms with Gasteiger partial charge in [-0.25, -0.2) is 9.37 Å². The Bertz CT molecular complexity index is 1390. The molecule has 0 saturated carbocycles. The van der Waals surface area contributed by atoms with Gasteiger partial charge in [0, 0.05) is 55.7 Å². The highest BCUT2D eigenvalue weighted by Crippen LogP contribution is 2.39. The molecule has 0 fully saturated rings. The first-order valence-electron chi connectivity index (χ1n) is 11.7. The van der Waals surface area contributed by atoms with E-state index < -0.39 is 5.82 Å². The van der Waals surface area contributed by atoms with Crippen molar-refractivity contribution < 1.29 is 14.2 Å². The summed E-state index contributed by atoms with van der Waals surface area (Å²) in [5.74, 6) is -0.346. The van der Waals surface area contributed by atoms with Crippen LogP contribution in [-0.4, -0.2) is 56.0 Å². The molecule has 0 radical (unpaired) electrons. The molecule has 3 heterocycles. The zero-order chi connectivity index (χ0) is 24.7. The van der Waals surface area contributed by atoms with E-state index in [0.717, 1.165) is 40.1 Å². The van der Waals surface area contributed by atoms with E-state index in [0.29, 0.717) is 24.3 Å². The number of anilines is 2. The van der Waals surface area contributed by atoms with Crippen LogP contribution in [-0.2, 0) is 20.2 Å². The molecule has 0 amide bonds. The van der Waals surface area contributed by atoms with Crippen molar-refractivity contribution in [3.8, 4) is 17.0 Å². The molecule has 0 unspecified atom stereocenters. The second-order valence-electron chi connectivity index (χ2n) is 9.09. The summed E-state index contributed by atoms with van der Waals surface area (Å²) in [5.41, 5.74) is 6.00. The van der Waals surface area contributed by atoms with Crippen molar-refractivity contribution in [1.29, 1.82) is 0 Å². The van der Waals surface area contributed by atoms with E-state index in [4.69, 9.17) is 9.72 Å². The van der Waals surface area contributed by atoms with Crippen molar-refractivity contribution in [3.63, 3.8) is 0 Å². The second-order valence-corrected chi connectivity index (χ2v) is 9.09. The lowest BCUT2D eigenvalue weighted by Crippen LogP contribution is -2.34. The molecule has 2 aromatic carbocycles. The van der Waals surface area contributed by atoms with Crippen molar-refractivity contribution >= 4 is 22.4 Å². The van der Waals surface area contributed by atoms with Crippen LogP contribution in [0.15, 0.2) is 42.9 Å². The van der Waals surface area contributed by atoms with Crippen molar-refractivity contribution in [2.75, 3.05) is 25.1 Å². The van der Waals surface area contributed by atoms with Gasteiger partial charge in [0.25, 0.3) is 0 Å². The summed E-state index contributed by atoms with van der Waals surface area (Å²) in [7, 11) is 3.30. The van der Waals surface area contributed by atoms with Gasteiger partial charge in [0.1, 0.15) is 0 Å². The normalized spacial score (nSPS) is 14.4. The summed E-state index contributed by atoms with van der Waals surface area (Å²) in [6, 6.07) is 7.42. The number of fused-ring (bicyclic) bond motifs is 3. The van der Waals surface area contributed by atoms with Gasteiger partial charge in [-0.15, -0.1) is 0 Å². The van der Waals surface area contributed by atoms with E-state index in [-0.39, 0.29) is 18.4 Å². The Hall–Kier alpha value is -3.56. The third-order valence-corrected chi connectivity index (χ3v) is 6.56. The number of rotatable bonds is 5. The zero-order valence-corrected chi connectivity index (χ0v) is 20.4. The van der Waals surface area contributed by atoms with Crippen LogP contribution in [0.3, 0.4) is 0 Å². The van der Waals surface area contributed by atoms with E-state index >= 15 is 4.39 Å². The van der Waals surface area contributed by atoms with Crippen molar-refractivity contribution in [2.24, 2.45) is 7.05 Å². The van der Waals surface area contributed by atoms with Crippen LogP contribution in [0.4, 0.5) is 15.8 Å². The predicted octanol–water partition coefficient (Wildman–Crippen LogP) is 4.03. The maximum atomic E-state index is 15.6. The number of aliphatic hydroxyl groups excluding tert-OH is 1. The number of methoxy groups -OCH3 is 1. The van der Waals surface area contributed by atoms with E-state index in [1.54, 1.807) is 23.1 Å². The molecule has 35 heavy (non-hydrogen) atoms. The maximum Gasteiger partial charge on any atom is 0.188 e. The quantitative estimate of drug-likeness (QED) is 0.466. The van der Waals surface area contributed by atoms with E-state index in [1.807, 2.05) is 30.3 Å². The third-order valence-electron chi connectivity index (χ3n) is 6.56. The van der Waals surface area contributed by atoms with Crippen LogP contribution >= 0.6 is 0 Å². The number of aryl methyl sites for hydroxylation is 1. The molecule has 1 N–H and O–H groups in total. The largest absolute Gasteiger partial charge is 0.494 e. The minimum absolute atomic E-state index is 0.109. The minimum Gasteiger partial charge on any atom is -0.494 e. The van der Waals surface area contributed by atoms with Crippen LogP contribution in [0.5, 0.6) is 5.75 Å². The Balaban J connectivity index is 1.73. The van der Waals surface area contributed by atoms with Crippen molar-refractivity contribution in [2.45, 2.75) is 33.0 Å². The second kappa shape index (κ2) is 9.24. The number of hydrogen-bond donors (Lipinski definition) is 1. The number of aliphatic hydroxyl groups is 1. The van der Waals surface area contributed by atoms with Crippen LogP contribution in [0, 0.1) is 5.82 Å². The smallest absolute Gasteiger partial charge is 0.188 e. The number of benzene rings is 2. The lowest BCUT2D eigenvalue weighted by atomic mass is 10.1. The van der Waals surface area contributed by atoms with Gasteiger partial charge < -0.3 is 14.7 Å². The van der Waals surface area contributed by atoms with E-state index in [9.17, 15) is 5.11 Å². The van der Waals surface area contributed by atoms with Crippen LogP contribution in [0.1, 0.15) is 25.0 Å². The van der Waals surface area contributed by atoms with Crippen molar-refractivity contribution in [3.05, 3.63) is 59.8 Å². The first-order valence-corrected chi connectivity index (χ1v) is 11.7. The van der Waals surface area contributed by atoms with Gasteiger partial charge in [0.2, 0.25) is 0 Å². The molecular formula is C26H29FN6O2. The van der Waals surface area contributed by atoms with E-state index in [2.05, 4.69) is 28.8 Å². The average Bonchev–Trinajstić information content (AvgIpc) is 3.19.